The normalized spacial score (nSPS) is 11.7. The van der Waals surface area contributed by atoms with E-state index >= 15 is 0 Å². The molecule has 0 unspecified atom stereocenters. The zero-order valence-corrected chi connectivity index (χ0v) is 9.46. The number of methoxy groups -OCH3 is 1. The Balaban J connectivity index is 3.60. The summed E-state index contributed by atoms with van der Waals surface area (Å²) in [5.41, 5.74) is -3.84. The maximum absolute atomic E-state index is 12.8. The Labute approximate surface area is 103 Å². The second-order valence-corrected chi connectivity index (χ2v) is 3.43. The highest BCUT2D eigenvalue weighted by Crippen LogP contribution is 2.41. The number of carboxylic acids is 1. The van der Waals surface area contributed by atoms with Crippen LogP contribution in [0.25, 0.3) is 0 Å². The van der Waals surface area contributed by atoms with Crippen LogP contribution in [0.3, 0.4) is 0 Å². The van der Waals surface area contributed by atoms with Crippen LogP contribution in [0.15, 0.2) is 6.20 Å². The first-order valence-corrected chi connectivity index (χ1v) is 4.81. The summed E-state index contributed by atoms with van der Waals surface area (Å²) in [7, 11) is 0.902. The predicted molar refractivity (Wildman–Crippen MR) is 52.1 cm³/mol. The minimum atomic E-state index is -5.03. The van der Waals surface area contributed by atoms with Gasteiger partial charge in [-0.2, -0.15) is 13.2 Å². The molecule has 0 radical (unpaired) electrons. The van der Waals surface area contributed by atoms with Crippen molar-refractivity contribution >= 4 is 5.97 Å². The van der Waals surface area contributed by atoms with Gasteiger partial charge in [-0.3, -0.25) is 9.78 Å². The zero-order valence-electron chi connectivity index (χ0n) is 9.46. The highest BCUT2D eigenvalue weighted by Gasteiger charge is 2.40. The minimum absolute atomic E-state index is 0.496. The highest BCUT2D eigenvalue weighted by molar-refractivity contribution is 5.72. The smallest absolute Gasteiger partial charge is 0.420 e. The number of halogens is 5. The molecule has 0 aliphatic rings. The van der Waals surface area contributed by atoms with Gasteiger partial charge in [0, 0.05) is 5.56 Å². The van der Waals surface area contributed by atoms with Crippen molar-refractivity contribution in [1.29, 1.82) is 0 Å². The number of aromatic nitrogens is 1. The van der Waals surface area contributed by atoms with Gasteiger partial charge >= 0.3 is 12.1 Å². The molecule has 0 saturated carbocycles. The molecular formula is C10H8F5NO3. The van der Waals surface area contributed by atoms with Gasteiger partial charge in [0.05, 0.1) is 19.7 Å². The van der Waals surface area contributed by atoms with Crippen molar-refractivity contribution in [3.63, 3.8) is 0 Å². The first kappa shape index (κ1) is 15.1. The number of carbonyl (C=O) groups is 1. The van der Waals surface area contributed by atoms with Gasteiger partial charge in [0.2, 0.25) is 0 Å². The molecule has 1 rings (SSSR count). The van der Waals surface area contributed by atoms with Crippen molar-refractivity contribution in [2.24, 2.45) is 0 Å². The Kier molecular flexibility index (Phi) is 4.28. The summed E-state index contributed by atoms with van der Waals surface area (Å²) >= 11 is 0. The van der Waals surface area contributed by atoms with E-state index in [0.29, 0.717) is 6.20 Å². The molecular weight excluding hydrogens is 277 g/mol. The number of hydrogen-bond donors (Lipinski definition) is 1. The number of carboxylic acid groups (broad SMARTS) is 1. The lowest BCUT2D eigenvalue weighted by Crippen LogP contribution is -2.17. The molecule has 0 fully saturated rings. The molecule has 0 amide bonds. The Hall–Kier alpha value is -1.93. The van der Waals surface area contributed by atoms with Gasteiger partial charge in [0.1, 0.15) is 17.0 Å². The van der Waals surface area contributed by atoms with Crippen molar-refractivity contribution in [3.05, 3.63) is 23.0 Å². The van der Waals surface area contributed by atoms with E-state index in [2.05, 4.69) is 9.72 Å². The third kappa shape index (κ3) is 3.30. The summed E-state index contributed by atoms with van der Waals surface area (Å²) in [5.74, 6) is -2.48. The minimum Gasteiger partial charge on any atom is -0.494 e. The summed E-state index contributed by atoms with van der Waals surface area (Å²) in [6.45, 7) is 0. The van der Waals surface area contributed by atoms with E-state index in [1.807, 2.05) is 0 Å². The first-order valence-electron chi connectivity index (χ1n) is 4.81. The van der Waals surface area contributed by atoms with Crippen molar-refractivity contribution in [2.75, 3.05) is 7.11 Å². The van der Waals surface area contributed by atoms with Crippen molar-refractivity contribution in [2.45, 2.75) is 19.0 Å². The molecule has 0 aliphatic heterocycles. The molecule has 0 saturated heterocycles. The number of pyridine rings is 1. The predicted octanol–water partition coefficient (Wildman–Crippen LogP) is 2.67. The van der Waals surface area contributed by atoms with Gasteiger partial charge in [-0.1, -0.05) is 0 Å². The van der Waals surface area contributed by atoms with E-state index in [1.54, 1.807) is 0 Å². The molecule has 9 heteroatoms. The van der Waals surface area contributed by atoms with E-state index in [1.165, 1.54) is 0 Å². The second-order valence-electron chi connectivity index (χ2n) is 3.43. The SMILES string of the molecule is COc1cnc(C(F)F)c(CC(=O)O)c1C(F)(F)F. The summed E-state index contributed by atoms with van der Waals surface area (Å²) in [5, 5.41) is 8.55. The van der Waals surface area contributed by atoms with Gasteiger partial charge < -0.3 is 9.84 Å². The lowest BCUT2D eigenvalue weighted by molar-refractivity contribution is -0.140. The number of rotatable bonds is 4. The number of nitrogens with zero attached hydrogens (tertiary/aromatic N) is 1. The average molecular weight is 285 g/mol. The maximum Gasteiger partial charge on any atom is 0.420 e. The van der Waals surface area contributed by atoms with Gasteiger partial charge in [-0.25, -0.2) is 8.78 Å². The quantitative estimate of drug-likeness (QED) is 0.864. The molecule has 1 aromatic heterocycles. The van der Waals surface area contributed by atoms with Crippen molar-refractivity contribution in [1.82, 2.24) is 4.98 Å². The summed E-state index contributed by atoms with van der Waals surface area (Å²) < 4.78 is 68.2. The Morgan fingerprint density at radius 3 is 2.42 bits per heavy atom. The molecule has 0 aromatic carbocycles. The number of ether oxygens (including phenoxy) is 1. The fraction of sp³-hybridized carbons (Fsp3) is 0.400. The molecule has 1 heterocycles. The van der Waals surface area contributed by atoms with Gasteiger partial charge in [0.15, 0.2) is 0 Å². The number of aliphatic carboxylic acids is 1. The van der Waals surface area contributed by atoms with Crippen LogP contribution in [0.4, 0.5) is 22.0 Å². The van der Waals surface area contributed by atoms with Crippen LogP contribution < -0.4 is 4.74 Å². The fourth-order valence-electron chi connectivity index (χ4n) is 1.53. The first-order chi connectivity index (χ1) is 8.68. The van der Waals surface area contributed by atoms with Crippen LogP contribution in [0, 0.1) is 0 Å². The van der Waals surface area contributed by atoms with Crippen molar-refractivity contribution < 1.29 is 36.6 Å². The fourth-order valence-corrected chi connectivity index (χ4v) is 1.53. The van der Waals surface area contributed by atoms with E-state index in [0.717, 1.165) is 7.11 Å². The molecule has 19 heavy (non-hydrogen) atoms. The van der Waals surface area contributed by atoms with Crippen molar-refractivity contribution in [3.8, 4) is 5.75 Å². The molecule has 0 aliphatic carbocycles. The Morgan fingerprint density at radius 1 is 1.47 bits per heavy atom. The third-order valence-corrected chi connectivity index (χ3v) is 2.22. The van der Waals surface area contributed by atoms with Gasteiger partial charge in [-0.05, 0) is 0 Å². The third-order valence-electron chi connectivity index (χ3n) is 2.22. The summed E-state index contributed by atoms with van der Waals surface area (Å²) in [6.07, 6.45) is -9.07. The molecule has 4 nitrogen and oxygen atoms in total. The molecule has 106 valence electrons. The van der Waals surface area contributed by atoms with Crippen LogP contribution in [0.2, 0.25) is 0 Å². The standard InChI is InChI=1S/C10H8F5NO3/c1-19-5-3-16-8(9(11)12)4(2-6(17)18)7(5)10(13,14)15/h3,9H,2H2,1H3,(H,17,18). The summed E-state index contributed by atoms with van der Waals surface area (Å²) in [6, 6.07) is 0. The van der Waals surface area contributed by atoms with Crippen LogP contribution in [0.1, 0.15) is 23.2 Å². The maximum atomic E-state index is 12.8. The summed E-state index contributed by atoms with van der Waals surface area (Å²) in [4.78, 5) is 13.7. The van der Waals surface area contributed by atoms with E-state index < -0.39 is 47.6 Å². The number of hydrogen-bond acceptors (Lipinski definition) is 3. The average Bonchev–Trinajstić information content (AvgIpc) is 2.25. The van der Waals surface area contributed by atoms with E-state index in [4.69, 9.17) is 5.11 Å². The van der Waals surface area contributed by atoms with Gasteiger partial charge in [0.25, 0.3) is 6.43 Å². The Bertz CT molecular complexity index is 487. The highest BCUT2D eigenvalue weighted by atomic mass is 19.4. The van der Waals surface area contributed by atoms with Crippen LogP contribution >= 0.6 is 0 Å². The number of alkyl halides is 5. The molecule has 1 aromatic rings. The lowest BCUT2D eigenvalue weighted by atomic mass is 10.0. The molecule has 0 atom stereocenters. The second kappa shape index (κ2) is 5.37. The lowest BCUT2D eigenvalue weighted by Gasteiger charge is -2.17. The largest absolute Gasteiger partial charge is 0.494 e. The van der Waals surface area contributed by atoms with E-state index in [9.17, 15) is 26.7 Å². The van der Waals surface area contributed by atoms with E-state index in [-0.39, 0.29) is 0 Å². The van der Waals surface area contributed by atoms with Crippen LogP contribution in [-0.4, -0.2) is 23.2 Å². The molecule has 0 spiro atoms. The van der Waals surface area contributed by atoms with Crippen LogP contribution in [-0.2, 0) is 17.4 Å². The molecule has 0 bridgehead atoms. The topological polar surface area (TPSA) is 59.4 Å². The Morgan fingerprint density at radius 2 is 2.05 bits per heavy atom. The van der Waals surface area contributed by atoms with Gasteiger partial charge in [-0.15, -0.1) is 0 Å². The molecule has 1 N–H and O–H groups in total. The zero-order chi connectivity index (χ0) is 14.8. The monoisotopic (exact) mass is 285 g/mol. The van der Waals surface area contributed by atoms with Crippen LogP contribution in [0.5, 0.6) is 5.75 Å².